The van der Waals surface area contributed by atoms with E-state index in [9.17, 15) is 10.5 Å². The Labute approximate surface area is 379 Å². The van der Waals surface area contributed by atoms with Crippen molar-refractivity contribution < 1.29 is 0 Å². The van der Waals surface area contributed by atoms with E-state index in [-0.39, 0.29) is 0 Å². The summed E-state index contributed by atoms with van der Waals surface area (Å²) < 4.78 is 4.45. The van der Waals surface area contributed by atoms with Gasteiger partial charge in [-0.05, 0) is 71.8 Å². The summed E-state index contributed by atoms with van der Waals surface area (Å²) in [4.78, 5) is 20.2. The van der Waals surface area contributed by atoms with Gasteiger partial charge in [-0.15, -0.1) is 0 Å². The minimum Gasteiger partial charge on any atom is -0.309 e. The third-order valence-electron chi connectivity index (χ3n) is 12.3. The van der Waals surface area contributed by atoms with E-state index >= 15 is 0 Å². The monoisotopic (exact) mass is 842 g/mol. The van der Waals surface area contributed by atoms with Gasteiger partial charge in [-0.25, -0.2) is 15.0 Å². The zero-order chi connectivity index (χ0) is 44.1. The quantitative estimate of drug-likeness (QED) is 0.158. The van der Waals surface area contributed by atoms with Crippen LogP contribution in [0.5, 0.6) is 0 Å². The molecule has 66 heavy (non-hydrogen) atoms. The largest absolute Gasteiger partial charge is 0.309 e. The number of nitriles is 2. The van der Waals surface area contributed by atoms with Crippen LogP contribution in [0.2, 0.25) is 0 Å². The fourth-order valence-electron chi connectivity index (χ4n) is 9.34. The molecule has 4 heterocycles. The summed E-state index contributed by atoms with van der Waals surface area (Å²) in [5, 5.41) is 25.7. The standard InChI is InChI=1S/C58H34N8/c59-35-40-19-7-8-20-44(40)39-27-28-54-48(32-39)47-23-11-14-26-53(47)66(54)55-42(36-60)31-41(58-63-56(37-15-3-1-4-16-37)62-57(64-58)38-17-5-2-6-18-38)33-49(55)50-34-43(29-30-61-50)65-51-24-12-9-21-45(51)46-22-10-13-25-52(46)65/h1-34H. The molecular weight excluding hydrogens is 809 g/mol. The van der Waals surface area contributed by atoms with Gasteiger partial charge in [0.05, 0.1) is 50.6 Å². The van der Waals surface area contributed by atoms with E-state index in [0.717, 1.165) is 77.1 Å². The molecule has 0 atom stereocenters. The molecule has 4 aromatic heterocycles. The first kappa shape index (κ1) is 38.2. The summed E-state index contributed by atoms with van der Waals surface area (Å²) in [5.74, 6) is 1.46. The lowest BCUT2D eigenvalue weighted by atomic mass is 9.98. The van der Waals surface area contributed by atoms with Gasteiger partial charge >= 0.3 is 0 Å². The summed E-state index contributed by atoms with van der Waals surface area (Å²) in [5.41, 5.74) is 12.1. The van der Waals surface area contributed by atoms with Crippen LogP contribution < -0.4 is 0 Å². The number of hydrogen-bond donors (Lipinski definition) is 0. The van der Waals surface area contributed by atoms with Gasteiger partial charge in [0.2, 0.25) is 0 Å². The first-order valence-corrected chi connectivity index (χ1v) is 21.6. The minimum atomic E-state index is 0.413. The molecule has 0 unspecified atom stereocenters. The molecule has 12 rings (SSSR count). The number of nitrogens with zero attached hydrogens (tertiary/aromatic N) is 8. The Bertz CT molecular complexity index is 3850. The fourth-order valence-corrected chi connectivity index (χ4v) is 9.34. The van der Waals surface area contributed by atoms with Gasteiger partial charge in [-0.3, -0.25) is 4.98 Å². The summed E-state index contributed by atoms with van der Waals surface area (Å²) in [7, 11) is 0. The minimum absolute atomic E-state index is 0.413. The van der Waals surface area contributed by atoms with Gasteiger partial charge in [-0.2, -0.15) is 10.5 Å². The molecule has 0 saturated heterocycles. The predicted octanol–water partition coefficient (Wildman–Crippen LogP) is 13.5. The molecule has 0 N–H and O–H groups in total. The topological polar surface area (TPSA) is 109 Å². The molecule has 0 aliphatic rings. The van der Waals surface area contributed by atoms with Crippen LogP contribution in [0.15, 0.2) is 206 Å². The normalized spacial score (nSPS) is 11.3. The maximum atomic E-state index is 11.4. The lowest BCUT2D eigenvalue weighted by molar-refractivity contribution is 1.07. The van der Waals surface area contributed by atoms with Crippen LogP contribution in [0.1, 0.15) is 11.1 Å². The van der Waals surface area contributed by atoms with Crippen molar-refractivity contribution in [2.45, 2.75) is 0 Å². The van der Waals surface area contributed by atoms with E-state index in [4.69, 9.17) is 19.9 Å². The maximum Gasteiger partial charge on any atom is 0.164 e. The lowest BCUT2D eigenvalue weighted by Gasteiger charge is -2.18. The van der Waals surface area contributed by atoms with Crippen molar-refractivity contribution >= 4 is 43.6 Å². The number of benzene rings is 8. The number of para-hydroxylation sites is 3. The van der Waals surface area contributed by atoms with Crippen LogP contribution in [0, 0.1) is 22.7 Å². The third-order valence-corrected chi connectivity index (χ3v) is 12.3. The van der Waals surface area contributed by atoms with E-state index in [1.165, 1.54) is 0 Å². The predicted molar refractivity (Wildman–Crippen MR) is 263 cm³/mol. The molecule has 0 amide bonds. The van der Waals surface area contributed by atoms with E-state index < -0.39 is 0 Å². The second kappa shape index (κ2) is 15.7. The summed E-state index contributed by atoms with van der Waals surface area (Å²) in [6.07, 6.45) is 1.84. The zero-order valence-corrected chi connectivity index (χ0v) is 35.2. The van der Waals surface area contributed by atoms with E-state index in [1.54, 1.807) is 0 Å². The van der Waals surface area contributed by atoms with Crippen molar-refractivity contribution in [3.63, 3.8) is 0 Å². The lowest BCUT2D eigenvalue weighted by Crippen LogP contribution is -2.05. The highest BCUT2D eigenvalue weighted by Gasteiger charge is 2.24. The molecule has 306 valence electrons. The van der Waals surface area contributed by atoms with Gasteiger partial charge in [0.25, 0.3) is 0 Å². The van der Waals surface area contributed by atoms with E-state index in [1.807, 2.05) is 115 Å². The third kappa shape index (κ3) is 6.29. The van der Waals surface area contributed by atoms with Crippen molar-refractivity contribution in [3.8, 4) is 80.1 Å². The molecule has 0 aliphatic heterocycles. The van der Waals surface area contributed by atoms with Crippen molar-refractivity contribution in [2.75, 3.05) is 0 Å². The van der Waals surface area contributed by atoms with E-state index in [0.29, 0.717) is 45.5 Å². The summed E-state index contributed by atoms with van der Waals surface area (Å²) in [6.45, 7) is 0. The van der Waals surface area contributed by atoms with Crippen LogP contribution in [0.25, 0.3) is 112 Å². The molecule has 12 aromatic rings. The Morgan fingerprint density at radius 2 is 0.879 bits per heavy atom. The first-order chi connectivity index (χ1) is 32.6. The maximum absolute atomic E-state index is 11.4. The Morgan fingerprint density at radius 1 is 0.364 bits per heavy atom. The number of pyridine rings is 1. The first-order valence-electron chi connectivity index (χ1n) is 21.6. The van der Waals surface area contributed by atoms with Gasteiger partial charge in [0, 0.05) is 55.7 Å². The second-order valence-electron chi connectivity index (χ2n) is 16.1. The van der Waals surface area contributed by atoms with Crippen LogP contribution in [0.3, 0.4) is 0 Å². The Morgan fingerprint density at radius 3 is 1.50 bits per heavy atom. The molecule has 0 aliphatic carbocycles. The Kier molecular flexibility index (Phi) is 9.08. The molecule has 8 heteroatoms. The van der Waals surface area contributed by atoms with Crippen LogP contribution in [-0.4, -0.2) is 29.1 Å². The molecular formula is C58H34N8. The summed E-state index contributed by atoms with van der Waals surface area (Å²) >= 11 is 0. The number of hydrogen-bond acceptors (Lipinski definition) is 6. The van der Waals surface area contributed by atoms with Gasteiger partial charge in [0.1, 0.15) is 6.07 Å². The number of fused-ring (bicyclic) bond motifs is 6. The van der Waals surface area contributed by atoms with Crippen LogP contribution >= 0.6 is 0 Å². The Hall–Kier alpha value is -9.50. The average Bonchev–Trinajstić information content (AvgIpc) is 3.91. The van der Waals surface area contributed by atoms with Crippen LogP contribution in [-0.2, 0) is 0 Å². The number of rotatable bonds is 7. The fraction of sp³-hybridized carbons (Fsp3) is 0. The number of aromatic nitrogens is 6. The highest BCUT2D eigenvalue weighted by atomic mass is 15.0. The highest BCUT2D eigenvalue weighted by Crippen LogP contribution is 2.42. The van der Waals surface area contributed by atoms with Crippen molar-refractivity contribution in [1.29, 1.82) is 10.5 Å². The molecule has 8 nitrogen and oxygen atoms in total. The van der Waals surface area contributed by atoms with E-state index in [2.05, 4.69) is 112 Å². The average molecular weight is 843 g/mol. The van der Waals surface area contributed by atoms with Crippen molar-refractivity contribution in [1.82, 2.24) is 29.1 Å². The molecule has 0 bridgehead atoms. The second-order valence-corrected chi connectivity index (χ2v) is 16.1. The van der Waals surface area contributed by atoms with Gasteiger partial charge < -0.3 is 9.13 Å². The Balaban J connectivity index is 1.15. The van der Waals surface area contributed by atoms with Crippen molar-refractivity contribution in [3.05, 3.63) is 218 Å². The molecule has 0 fully saturated rings. The molecule has 0 radical (unpaired) electrons. The molecule has 0 spiro atoms. The molecule has 8 aromatic carbocycles. The SMILES string of the molecule is N#Cc1ccccc1-c1ccc2c(c1)c1ccccc1n2-c1c(C#N)cc(-c2nc(-c3ccccc3)nc(-c3ccccc3)n2)cc1-c1cc(-n2c3ccccc3c3ccccc32)ccn1. The molecule has 0 saturated carbocycles. The zero-order valence-electron chi connectivity index (χ0n) is 35.2. The van der Waals surface area contributed by atoms with Crippen LogP contribution in [0.4, 0.5) is 0 Å². The highest BCUT2D eigenvalue weighted by molar-refractivity contribution is 6.12. The summed E-state index contributed by atoms with van der Waals surface area (Å²) in [6, 6.07) is 71.9. The van der Waals surface area contributed by atoms with Crippen molar-refractivity contribution in [2.24, 2.45) is 0 Å². The van der Waals surface area contributed by atoms with Gasteiger partial charge in [0.15, 0.2) is 17.5 Å². The smallest absolute Gasteiger partial charge is 0.164 e. The van der Waals surface area contributed by atoms with Gasteiger partial charge in [-0.1, -0.05) is 140 Å².